The molecule has 88 valence electrons. The highest BCUT2D eigenvalue weighted by atomic mass is 16.2. The highest BCUT2D eigenvalue weighted by Crippen LogP contribution is 2.15. The minimum absolute atomic E-state index is 0.0746. The molecule has 4 nitrogen and oxygen atoms in total. The third kappa shape index (κ3) is 2.43. The highest BCUT2D eigenvalue weighted by Gasteiger charge is 2.20. The van der Waals surface area contributed by atoms with Crippen molar-refractivity contribution in [1.29, 1.82) is 0 Å². The number of fused-ring (bicyclic) bond motifs is 1. The first kappa shape index (κ1) is 11.2. The number of carbonyl (C=O) groups is 1. The van der Waals surface area contributed by atoms with E-state index in [1.807, 2.05) is 31.5 Å². The summed E-state index contributed by atoms with van der Waals surface area (Å²) in [6.45, 7) is 6.86. The van der Waals surface area contributed by atoms with Crippen LogP contribution in [0.1, 0.15) is 49.8 Å². The molecule has 1 aromatic heterocycles. The van der Waals surface area contributed by atoms with Crippen molar-refractivity contribution in [3.8, 4) is 0 Å². The lowest BCUT2D eigenvalue weighted by molar-refractivity contribution is 0.0913. The molecule has 0 aliphatic carbocycles. The van der Waals surface area contributed by atoms with Crippen LogP contribution in [-0.4, -0.2) is 21.2 Å². The van der Waals surface area contributed by atoms with Crippen molar-refractivity contribution >= 4 is 5.91 Å². The maximum Gasteiger partial charge on any atom is 0.272 e. The summed E-state index contributed by atoms with van der Waals surface area (Å²) in [5, 5.41) is 7.27. The first-order valence-corrected chi connectivity index (χ1v) is 5.85. The molecule has 0 saturated carbocycles. The van der Waals surface area contributed by atoms with Gasteiger partial charge in [-0.05, 0) is 46.1 Å². The molecule has 0 unspecified atom stereocenters. The van der Waals surface area contributed by atoms with E-state index in [1.54, 1.807) is 0 Å². The summed E-state index contributed by atoms with van der Waals surface area (Å²) in [7, 11) is 0. The first-order chi connectivity index (χ1) is 7.46. The van der Waals surface area contributed by atoms with E-state index in [2.05, 4.69) is 10.4 Å². The lowest BCUT2D eigenvalue weighted by Crippen LogP contribution is -2.40. The number of aromatic nitrogens is 2. The summed E-state index contributed by atoms with van der Waals surface area (Å²) in [6, 6.07) is 1.92. The number of aryl methyl sites for hydroxylation is 2. The van der Waals surface area contributed by atoms with E-state index in [0.29, 0.717) is 5.69 Å². The molecule has 0 atom stereocenters. The highest BCUT2D eigenvalue weighted by molar-refractivity contribution is 5.92. The van der Waals surface area contributed by atoms with Crippen molar-refractivity contribution in [2.45, 2.75) is 52.1 Å². The minimum Gasteiger partial charge on any atom is -0.346 e. The fraction of sp³-hybridized carbons (Fsp3) is 0.667. The van der Waals surface area contributed by atoms with Gasteiger partial charge in [-0.1, -0.05) is 0 Å². The molecule has 1 N–H and O–H groups in total. The Balaban J connectivity index is 2.15. The van der Waals surface area contributed by atoms with E-state index in [0.717, 1.165) is 19.4 Å². The Morgan fingerprint density at radius 3 is 2.81 bits per heavy atom. The molecule has 0 radical (unpaired) electrons. The number of amides is 1. The smallest absolute Gasteiger partial charge is 0.272 e. The number of rotatable bonds is 1. The largest absolute Gasteiger partial charge is 0.346 e. The van der Waals surface area contributed by atoms with Gasteiger partial charge < -0.3 is 5.32 Å². The third-order valence-electron chi connectivity index (χ3n) is 2.64. The Kier molecular flexibility index (Phi) is 2.74. The number of carbonyl (C=O) groups excluding carboxylic acids is 1. The van der Waals surface area contributed by atoms with Gasteiger partial charge in [0.15, 0.2) is 0 Å². The van der Waals surface area contributed by atoms with E-state index in [9.17, 15) is 4.79 Å². The minimum atomic E-state index is -0.207. The summed E-state index contributed by atoms with van der Waals surface area (Å²) in [4.78, 5) is 11.9. The van der Waals surface area contributed by atoms with Gasteiger partial charge in [0, 0.05) is 17.8 Å². The molecule has 0 saturated heterocycles. The monoisotopic (exact) mass is 221 g/mol. The summed E-state index contributed by atoms with van der Waals surface area (Å²) in [5.41, 5.74) is 1.53. The Hall–Kier alpha value is -1.32. The molecule has 1 aliphatic heterocycles. The van der Waals surface area contributed by atoms with Gasteiger partial charge in [0.1, 0.15) is 5.69 Å². The van der Waals surface area contributed by atoms with E-state index in [4.69, 9.17) is 0 Å². The van der Waals surface area contributed by atoms with Crippen LogP contribution in [0.4, 0.5) is 0 Å². The van der Waals surface area contributed by atoms with Crippen molar-refractivity contribution in [2.75, 3.05) is 0 Å². The van der Waals surface area contributed by atoms with Crippen LogP contribution in [-0.2, 0) is 13.0 Å². The van der Waals surface area contributed by atoms with E-state index < -0.39 is 0 Å². The van der Waals surface area contributed by atoms with Crippen LogP contribution in [0.3, 0.4) is 0 Å². The number of nitrogens with zero attached hydrogens (tertiary/aromatic N) is 2. The van der Waals surface area contributed by atoms with Gasteiger partial charge in [-0.15, -0.1) is 0 Å². The van der Waals surface area contributed by atoms with Gasteiger partial charge in [0.05, 0.1) is 0 Å². The Morgan fingerprint density at radius 2 is 2.19 bits per heavy atom. The Morgan fingerprint density at radius 1 is 1.44 bits per heavy atom. The number of hydrogen-bond acceptors (Lipinski definition) is 2. The predicted octanol–water partition coefficient (Wildman–Crippen LogP) is 1.75. The fourth-order valence-electron chi connectivity index (χ4n) is 1.93. The SMILES string of the molecule is CC(C)(C)NC(=O)c1cc2n(n1)CCCC2. The van der Waals surface area contributed by atoms with Crippen molar-refractivity contribution in [1.82, 2.24) is 15.1 Å². The summed E-state index contributed by atoms with van der Waals surface area (Å²) >= 11 is 0. The second-order valence-corrected chi connectivity index (χ2v) is 5.41. The van der Waals surface area contributed by atoms with Crippen molar-refractivity contribution < 1.29 is 4.79 Å². The molecule has 1 amide bonds. The molecule has 4 heteroatoms. The molecular weight excluding hydrogens is 202 g/mol. The normalized spacial score (nSPS) is 15.7. The van der Waals surface area contributed by atoms with Crippen LogP contribution in [0, 0.1) is 0 Å². The van der Waals surface area contributed by atoms with E-state index in [-0.39, 0.29) is 11.4 Å². The quantitative estimate of drug-likeness (QED) is 0.785. The van der Waals surface area contributed by atoms with Crippen LogP contribution in [0.5, 0.6) is 0 Å². The molecule has 2 rings (SSSR count). The summed E-state index contributed by atoms with van der Waals surface area (Å²) < 4.78 is 1.96. The lowest BCUT2D eigenvalue weighted by atomic mass is 10.1. The summed E-state index contributed by atoms with van der Waals surface area (Å²) in [5.74, 6) is -0.0746. The standard InChI is InChI=1S/C12H19N3O/c1-12(2,3)13-11(16)10-8-9-6-4-5-7-15(9)14-10/h8H,4-7H2,1-3H3,(H,13,16). The van der Waals surface area contributed by atoms with E-state index >= 15 is 0 Å². The first-order valence-electron chi connectivity index (χ1n) is 5.85. The zero-order chi connectivity index (χ0) is 11.8. The number of nitrogens with one attached hydrogen (secondary N) is 1. The third-order valence-corrected chi connectivity index (χ3v) is 2.64. The molecular formula is C12H19N3O. The topological polar surface area (TPSA) is 46.9 Å². The van der Waals surface area contributed by atoms with Crippen LogP contribution in [0.25, 0.3) is 0 Å². The molecule has 1 aromatic rings. The molecule has 0 spiro atoms. The van der Waals surface area contributed by atoms with Crippen molar-refractivity contribution in [3.05, 3.63) is 17.5 Å². The van der Waals surface area contributed by atoms with Gasteiger partial charge in [-0.2, -0.15) is 5.10 Å². The molecule has 16 heavy (non-hydrogen) atoms. The average Bonchev–Trinajstić information content (AvgIpc) is 2.58. The average molecular weight is 221 g/mol. The maximum absolute atomic E-state index is 11.9. The Bertz CT molecular complexity index is 377. The predicted molar refractivity (Wildman–Crippen MR) is 62.4 cm³/mol. The van der Waals surface area contributed by atoms with Gasteiger partial charge in [0.2, 0.25) is 0 Å². The maximum atomic E-state index is 11.9. The summed E-state index contributed by atoms with van der Waals surface area (Å²) in [6.07, 6.45) is 3.40. The van der Waals surface area contributed by atoms with E-state index in [1.165, 1.54) is 12.1 Å². The fourth-order valence-corrected chi connectivity index (χ4v) is 1.93. The van der Waals surface area contributed by atoms with Crippen LogP contribution >= 0.6 is 0 Å². The Labute approximate surface area is 96.0 Å². The van der Waals surface area contributed by atoms with Crippen LogP contribution in [0.2, 0.25) is 0 Å². The molecule has 2 heterocycles. The van der Waals surface area contributed by atoms with Gasteiger partial charge in [-0.3, -0.25) is 9.48 Å². The van der Waals surface area contributed by atoms with Crippen LogP contribution in [0.15, 0.2) is 6.07 Å². The molecule has 0 aromatic carbocycles. The van der Waals surface area contributed by atoms with Gasteiger partial charge in [-0.25, -0.2) is 0 Å². The molecule has 0 bridgehead atoms. The second kappa shape index (κ2) is 3.92. The van der Waals surface area contributed by atoms with Crippen molar-refractivity contribution in [2.24, 2.45) is 0 Å². The second-order valence-electron chi connectivity index (χ2n) is 5.41. The number of hydrogen-bond donors (Lipinski definition) is 1. The van der Waals surface area contributed by atoms with Gasteiger partial charge >= 0.3 is 0 Å². The lowest BCUT2D eigenvalue weighted by Gasteiger charge is -2.19. The van der Waals surface area contributed by atoms with Crippen molar-refractivity contribution in [3.63, 3.8) is 0 Å². The molecule has 1 aliphatic rings. The zero-order valence-corrected chi connectivity index (χ0v) is 10.2. The zero-order valence-electron chi connectivity index (χ0n) is 10.2. The van der Waals surface area contributed by atoms with Crippen LogP contribution < -0.4 is 5.32 Å². The van der Waals surface area contributed by atoms with Gasteiger partial charge in [0.25, 0.3) is 5.91 Å². The molecule has 0 fully saturated rings.